The molecule has 8 heteroatoms. The monoisotopic (exact) mass is 381 g/mol. The predicted molar refractivity (Wildman–Crippen MR) is 98.8 cm³/mol. The van der Waals surface area contributed by atoms with Crippen molar-refractivity contribution < 1.29 is 17.5 Å². The molecule has 26 heavy (non-hydrogen) atoms. The molecule has 2 aliphatic heterocycles. The molecular formula is C18H24FN3O3S. The van der Waals surface area contributed by atoms with Crippen LogP contribution in [0.3, 0.4) is 0 Å². The molecule has 5 N–H and O–H groups in total. The molecule has 142 valence electrons. The minimum absolute atomic E-state index is 0.188. The lowest BCUT2D eigenvalue weighted by atomic mass is 9.81. The van der Waals surface area contributed by atoms with Gasteiger partial charge in [-0.2, -0.15) is 0 Å². The van der Waals surface area contributed by atoms with Gasteiger partial charge in [-0.15, -0.1) is 0 Å². The number of primary sulfonamides is 1. The first-order chi connectivity index (χ1) is 12.3. The summed E-state index contributed by atoms with van der Waals surface area (Å²) < 4.78 is 41.1. The van der Waals surface area contributed by atoms with Crippen LogP contribution in [0, 0.1) is 24.6 Å². The van der Waals surface area contributed by atoms with Crippen molar-refractivity contribution in [2.24, 2.45) is 17.0 Å². The molecular weight excluding hydrogens is 357 g/mol. The minimum Gasteiger partial charge on any atom is -0.493 e. The number of ether oxygens (including phenoxy) is 1. The number of piperidine rings is 1. The van der Waals surface area contributed by atoms with Crippen LogP contribution >= 0.6 is 0 Å². The zero-order chi connectivity index (χ0) is 18.9. The van der Waals surface area contributed by atoms with Gasteiger partial charge in [-0.05, 0) is 56.2 Å². The molecule has 0 saturated carbocycles. The molecule has 0 aromatic heterocycles. The third-order valence-electron chi connectivity index (χ3n) is 5.06. The third kappa shape index (κ3) is 4.08. The SMILES string of the molecule is Cc1ccc(N)cc1F.NS(=O)(=O)C1=CC=C2OC3CNCCC3C2C1. The molecule has 1 aromatic carbocycles. The Bertz CT molecular complexity index is 851. The van der Waals surface area contributed by atoms with Crippen molar-refractivity contribution in [1.82, 2.24) is 5.32 Å². The van der Waals surface area contributed by atoms with Crippen LogP contribution in [0.2, 0.25) is 0 Å². The summed E-state index contributed by atoms with van der Waals surface area (Å²) in [6.45, 7) is 3.53. The van der Waals surface area contributed by atoms with Crippen LogP contribution in [-0.2, 0) is 14.8 Å². The average Bonchev–Trinajstić information content (AvgIpc) is 2.96. The zero-order valence-corrected chi connectivity index (χ0v) is 15.4. The number of benzene rings is 1. The number of allylic oxidation sites excluding steroid dienone is 4. The molecule has 2 saturated heterocycles. The highest BCUT2D eigenvalue weighted by atomic mass is 32.2. The number of nitrogens with two attached hydrogens (primary N) is 2. The highest BCUT2D eigenvalue weighted by Gasteiger charge is 2.44. The molecule has 3 unspecified atom stereocenters. The lowest BCUT2D eigenvalue weighted by molar-refractivity contribution is 0.108. The second-order valence-electron chi connectivity index (χ2n) is 6.88. The molecule has 1 aliphatic carbocycles. The van der Waals surface area contributed by atoms with Gasteiger partial charge in [0.2, 0.25) is 10.0 Å². The third-order valence-corrected chi connectivity index (χ3v) is 6.10. The Morgan fingerprint density at radius 3 is 2.73 bits per heavy atom. The van der Waals surface area contributed by atoms with E-state index in [1.165, 1.54) is 6.07 Å². The Morgan fingerprint density at radius 2 is 2.08 bits per heavy atom. The van der Waals surface area contributed by atoms with Gasteiger partial charge in [-0.25, -0.2) is 17.9 Å². The van der Waals surface area contributed by atoms with Crippen LogP contribution in [0.15, 0.2) is 41.0 Å². The van der Waals surface area contributed by atoms with Crippen molar-refractivity contribution in [3.63, 3.8) is 0 Å². The first-order valence-electron chi connectivity index (χ1n) is 8.58. The van der Waals surface area contributed by atoms with Crippen molar-refractivity contribution >= 4 is 15.7 Å². The fraction of sp³-hybridized carbons (Fsp3) is 0.444. The van der Waals surface area contributed by atoms with E-state index in [0.29, 0.717) is 28.5 Å². The standard InChI is InChI=1S/C11H16N2O3S.C7H8FN/c12-17(14,15)7-1-2-10-9(5-7)8-3-4-13-6-11(8)16-10;1-5-2-3-6(9)4-7(5)8/h1-2,8-9,11,13H,3-6H2,(H2,12,14,15);2-4H,9H2,1H3. The van der Waals surface area contributed by atoms with E-state index in [1.807, 2.05) is 0 Å². The predicted octanol–water partition coefficient (Wildman–Crippen LogP) is 1.79. The topological polar surface area (TPSA) is 107 Å². The summed E-state index contributed by atoms with van der Waals surface area (Å²) in [7, 11) is -3.56. The van der Waals surface area contributed by atoms with E-state index < -0.39 is 10.0 Å². The van der Waals surface area contributed by atoms with Crippen LogP contribution in [0.4, 0.5) is 10.1 Å². The van der Waals surface area contributed by atoms with E-state index in [-0.39, 0.29) is 17.8 Å². The van der Waals surface area contributed by atoms with Gasteiger partial charge in [0.15, 0.2) is 0 Å². The van der Waals surface area contributed by atoms with Gasteiger partial charge in [0.05, 0.1) is 4.91 Å². The molecule has 1 aromatic rings. The summed E-state index contributed by atoms with van der Waals surface area (Å²) >= 11 is 0. The highest BCUT2D eigenvalue weighted by molar-refractivity contribution is 7.93. The molecule has 2 heterocycles. The maximum Gasteiger partial charge on any atom is 0.234 e. The first kappa shape index (κ1) is 18.9. The smallest absolute Gasteiger partial charge is 0.234 e. The second kappa shape index (κ2) is 7.38. The van der Waals surface area contributed by atoms with E-state index in [4.69, 9.17) is 15.6 Å². The zero-order valence-electron chi connectivity index (χ0n) is 14.6. The van der Waals surface area contributed by atoms with Gasteiger partial charge in [-0.3, -0.25) is 0 Å². The number of hydrogen-bond donors (Lipinski definition) is 3. The highest BCUT2D eigenvalue weighted by Crippen LogP contribution is 2.44. The molecule has 4 rings (SSSR count). The number of rotatable bonds is 1. The molecule has 0 radical (unpaired) electrons. The van der Waals surface area contributed by atoms with Gasteiger partial charge in [0.1, 0.15) is 17.7 Å². The van der Waals surface area contributed by atoms with Crippen molar-refractivity contribution in [1.29, 1.82) is 0 Å². The molecule has 6 nitrogen and oxygen atoms in total. The van der Waals surface area contributed by atoms with Gasteiger partial charge >= 0.3 is 0 Å². The number of nitrogen functional groups attached to an aromatic ring is 1. The molecule has 3 atom stereocenters. The molecule has 0 amide bonds. The van der Waals surface area contributed by atoms with Gasteiger partial charge in [0, 0.05) is 24.1 Å². The van der Waals surface area contributed by atoms with Crippen molar-refractivity contribution in [2.75, 3.05) is 18.8 Å². The summed E-state index contributed by atoms with van der Waals surface area (Å²) in [4.78, 5) is 0.328. The molecule has 2 fully saturated rings. The maximum absolute atomic E-state index is 12.5. The van der Waals surface area contributed by atoms with Crippen LogP contribution < -0.4 is 16.2 Å². The Labute approximate surface area is 153 Å². The largest absolute Gasteiger partial charge is 0.493 e. The first-order valence-corrected chi connectivity index (χ1v) is 10.1. The number of nitrogens with one attached hydrogen (secondary N) is 1. The quantitative estimate of drug-likeness (QED) is 0.643. The van der Waals surface area contributed by atoms with E-state index in [2.05, 4.69) is 5.32 Å². The lowest BCUT2D eigenvalue weighted by Crippen LogP contribution is -2.40. The average molecular weight is 381 g/mol. The van der Waals surface area contributed by atoms with Crippen molar-refractivity contribution in [3.8, 4) is 0 Å². The van der Waals surface area contributed by atoms with Crippen molar-refractivity contribution in [2.45, 2.75) is 25.9 Å². The fourth-order valence-corrected chi connectivity index (χ4v) is 4.28. The summed E-state index contributed by atoms with van der Waals surface area (Å²) in [5.41, 5.74) is 6.39. The minimum atomic E-state index is -3.56. The van der Waals surface area contributed by atoms with E-state index in [9.17, 15) is 12.8 Å². The Morgan fingerprint density at radius 1 is 1.31 bits per heavy atom. The second-order valence-corrected chi connectivity index (χ2v) is 8.49. The van der Waals surface area contributed by atoms with Gasteiger partial charge < -0.3 is 15.8 Å². The molecule has 3 aliphatic rings. The number of hydrogen-bond acceptors (Lipinski definition) is 5. The number of halogens is 1. The summed E-state index contributed by atoms with van der Waals surface area (Å²) in [6, 6.07) is 4.65. The fourth-order valence-electron chi connectivity index (χ4n) is 3.61. The van der Waals surface area contributed by atoms with Crippen LogP contribution in [0.5, 0.6) is 0 Å². The lowest BCUT2D eigenvalue weighted by Gasteiger charge is -2.27. The molecule has 0 spiro atoms. The van der Waals surface area contributed by atoms with Crippen LogP contribution in [0.25, 0.3) is 0 Å². The number of aryl methyl sites for hydroxylation is 1. The normalized spacial score (nSPS) is 27.1. The number of sulfonamides is 1. The van der Waals surface area contributed by atoms with E-state index >= 15 is 0 Å². The summed E-state index contributed by atoms with van der Waals surface area (Å²) in [5, 5.41) is 8.48. The Hall–Kier alpha value is -1.90. The van der Waals surface area contributed by atoms with Gasteiger partial charge in [-0.1, -0.05) is 6.07 Å². The van der Waals surface area contributed by atoms with Crippen LogP contribution in [0.1, 0.15) is 18.4 Å². The number of anilines is 1. The van der Waals surface area contributed by atoms with E-state index in [1.54, 1.807) is 31.2 Å². The van der Waals surface area contributed by atoms with E-state index in [0.717, 1.165) is 25.3 Å². The summed E-state index contributed by atoms with van der Waals surface area (Å²) in [6.07, 6.45) is 5.06. The summed E-state index contributed by atoms with van der Waals surface area (Å²) in [5.74, 6) is 1.31. The van der Waals surface area contributed by atoms with Crippen molar-refractivity contribution in [3.05, 3.63) is 52.4 Å². The van der Waals surface area contributed by atoms with Crippen LogP contribution in [-0.4, -0.2) is 27.6 Å². The maximum atomic E-state index is 12.5. The molecule has 0 bridgehead atoms. The van der Waals surface area contributed by atoms with Gasteiger partial charge in [0.25, 0.3) is 0 Å². The number of fused-ring (bicyclic) bond motifs is 3. The Balaban J connectivity index is 0.000000185. The Kier molecular flexibility index (Phi) is 5.36.